The van der Waals surface area contributed by atoms with E-state index in [-0.39, 0.29) is 18.2 Å². The summed E-state index contributed by atoms with van der Waals surface area (Å²) < 4.78 is 13.8. The molecule has 0 fully saturated rings. The van der Waals surface area contributed by atoms with E-state index in [9.17, 15) is 4.79 Å². The average Bonchev–Trinajstić information content (AvgIpc) is 3.03. The van der Waals surface area contributed by atoms with Crippen LogP contribution in [0.1, 0.15) is 54.8 Å². The van der Waals surface area contributed by atoms with E-state index in [4.69, 9.17) is 9.15 Å². The lowest BCUT2D eigenvalue weighted by atomic mass is 9.98. The Kier molecular flexibility index (Phi) is 9.08. The number of benzene rings is 2. The van der Waals surface area contributed by atoms with Gasteiger partial charge in [0.1, 0.15) is 17.1 Å². The van der Waals surface area contributed by atoms with E-state index in [0.29, 0.717) is 17.7 Å². The van der Waals surface area contributed by atoms with Gasteiger partial charge in [0.25, 0.3) is 0 Å². The minimum Gasteiger partial charge on any atom is -0.491 e. The zero-order valence-corrected chi connectivity index (χ0v) is 21.0. The minimum atomic E-state index is 0. The lowest BCUT2D eigenvalue weighted by Crippen LogP contribution is -2.07. The summed E-state index contributed by atoms with van der Waals surface area (Å²) in [5.41, 5.74) is 2.16. The van der Waals surface area contributed by atoms with Crippen LogP contribution in [0.4, 0.5) is 0 Å². The van der Waals surface area contributed by atoms with Crippen molar-refractivity contribution in [1.82, 2.24) is 0 Å². The number of ether oxygens (including phenoxy) is 1. The summed E-state index contributed by atoms with van der Waals surface area (Å²) in [6.45, 7) is 4.90. The Labute approximate surface area is 199 Å². The maximum atomic E-state index is 13.4. The molecule has 0 spiro atoms. The molecule has 1 heterocycles. The van der Waals surface area contributed by atoms with Crippen LogP contribution in [0, 0.1) is 7.14 Å². The maximum Gasteiger partial charge on any atom is 0.197 e. The largest absolute Gasteiger partial charge is 0.491 e. The molecule has 0 N–H and O–H groups in total. The number of fused-ring (bicyclic) bond motifs is 1. The van der Waals surface area contributed by atoms with Crippen LogP contribution in [-0.4, -0.2) is 12.4 Å². The summed E-state index contributed by atoms with van der Waals surface area (Å²) in [5.74, 6) is 1.67. The van der Waals surface area contributed by atoms with Gasteiger partial charge < -0.3 is 9.15 Å². The van der Waals surface area contributed by atoms with E-state index >= 15 is 0 Å². The third kappa shape index (κ3) is 5.02. The molecule has 3 rings (SSSR count). The molecular formula is C22H23ClI2O3. The van der Waals surface area contributed by atoms with Crippen molar-refractivity contribution in [3.8, 4) is 5.75 Å². The van der Waals surface area contributed by atoms with E-state index in [1.807, 2.05) is 36.4 Å². The summed E-state index contributed by atoms with van der Waals surface area (Å²) in [6, 6.07) is 11.6. The van der Waals surface area contributed by atoms with E-state index in [1.165, 1.54) is 0 Å². The summed E-state index contributed by atoms with van der Waals surface area (Å²) in [4.78, 5) is 13.4. The fourth-order valence-corrected chi connectivity index (χ4v) is 5.12. The summed E-state index contributed by atoms with van der Waals surface area (Å²) in [5, 5.41) is 0.893. The van der Waals surface area contributed by atoms with Gasteiger partial charge in [-0.3, -0.25) is 4.79 Å². The van der Waals surface area contributed by atoms with Gasteiger partial charge in [-0.15, -0.1) is 12.4 Å². The maximum absolute atomic E-state index is 13.4. The molecule has 0 amide bonds. The van der Waals surface area contributed by atoms with Gasteiger partial charge in [0.2, 0.25) is 0 Å². The van der Waals surface area contributed by atoms with Gasteiger partial charge in [0.05, 0.1) is 19.3 Å². The van der Waals surface area contributed by atoms with Crippen LogP contribution < -0.4 is 4.74 Å². The fourth-order valence-electron chi connectivity index (χ4n) is 3.04. The second kappa shape index (κ2) is 10.8. The third-order valence-corrected chi connectivity index (χ3v) is 5.97. The first-order chi connectivity index (χ1) is 13.1. The second-order valence-corrected chi connectivity index (χ2v) is 8.77. The third-order valence-electron chi connectivity index (χ3n) is 4.36. The normalized spacial score (nSPS) is 10.7. The van der Waals surface area contributed by atoms with Crippen molar-refractivity contribution in [1.29, 1.82) is 0 Å². The Bertz CT molecular complexity index is 943. The van der Waals surface area contributed by atoms with Gasteiger partial charge in [0, 0.05) is 17.4 Å². The molecule has 0 bridgehead atoms. The Balaban J connectivity index is 0.00000280. The average molecular weight is 625 g/mol. The van der Waals surface area contributed by atoms with Crippen LogP contribution in [-0.2, 0) is 6.42 Å². The van der Waals surface area contributed by atoms with Gasteiger partial charge in [-0.25, -0.2) is 0 Å². The Morgan fingerprint density at radius 1 is 1.07 bits per heavy atom. The van der Waals surface area contributed by atoms with E-state index in [2.05, 4.69) is 59.0 Å². The highest BCUT2D eigenvalue weighted by atomic mass is 127. The number of carbonyl (C=O) groups excluding carboxylic acids is 1. The first-order valence-corrected chi connectivity index (χ1v) is 11.4. The summed E-state index contributed by atoms with van der Waals surface area (Å²) >= 11 is 4.49. The minimum absolute atomic E-state index is 0. The van der Waals surface area contributed by atoms with Crippen LogP contribution in [0.3, 0.4) is 0 Å². The number of hydrogen-bond acceptors (Lipinski definition) is 3. The lowest BCUT2D eigenvalue weighted by Gasteiger charge is -2.11. The highest BCUT2D eigenvalue weighted by Crippen LogP contribution is 2.33. The lowest BCUT2D eigenvalue weighted by molar-refractivity contribution is 0.103. The molecule has 0 unspecified atom stereocenters. The van der Waals surface area contributed by atoms with Crippen LogP contribution >= 0.6 is 57.6 Å². The van der Waals surface area contributed by atoms with Crippen molar-refractivity contribution in [2.75, 3.05) is 6.61 Å². The quantitative estimate of drug-likeness (QED) is 0.193. The number of halogens is 3. The Morgan fingerprint density at radius 3 is 2.39 bits per heavy atom. The van der Waals surface area contributed by atoms with E-state index < -0.39 is 0 Å². The molecule has 1 aromatic heterocycles. The second-order valence-electron chi connectivity index (χ2n) is 6.45. The Morgan fingerprint density at radius 2 is 1.75 bits per heavy atom. The van der Waals surface area contributed by atoms with Crippen LogP contribution in [0.25, 0.3) is 11.0 Å². The fraction of sp³-hybridized carbons (Fsp3) is 0.318. The molecule has 0 saturated heterocycles. The van der Waals surface area contributed by atoms with E-state index in [0.717, 1.165) is 55.3 Å². The number of furan rings is 1. The smallest absolute Gasteiger partial charge is 0.197 e. The van der Waals surface area contributed by atoms with E-state index in [1.54, 1.807) is 0 Å². The zero-order valence-electron chi connectivity index (χ0n) is 15.9. The molecule has 0 atom stereocenters. The number of carbonyl (C=O) groups is 1. The molecule has 0 aliphatic heterocycles. The summed E-state index contributed by atoms with van der Waals surface area (Å²) in [7, 11) is 0. The predicted octanol–water partition coefficient (Wildman–Crippen LogP) is 7.43. The molecule has 0 aliphatic carbocycles. The van der Waals surface area contributed by atoms with Gasteiger partial charge in [0.15, 0.2) is 5.78 Å². The number of rotatable bonds is 8. The molecule has 0 aliphatic rings. The van der Waals surface area contributed by atoms with Crippen molar-refractivity contribution >= 4 is 74.3 Å². The zero-order chi connectivity index (χ0) is 19.4. The van der Waals surface area contributed by atoms with Gasteiger partial charge in [-0.05, 0) is 76.2 Å². The van der Waals surface area contributed by atoms with Crippen molar-refractivity contribution in [2.45, 2.75) is 39.5 Å². The molecule has 0 radical (unpaired) electrons. The SMILES string of the molecule is CCCCc1oc2ccccc2c1C(=O)c1cc(I)c(OCCC)c(I)c1.Cl. The number of ketones is 1. The van der Waals surface area contributed by atoms with Gasteiger partial charge >= 0.3 is 0 Å². The number of unbranched alkanes of at least 4 members (excludes halogenated alkanes) is 1. The molecule has 3 nitrogen and oxygen atoms in total. The topological polar surface area (TPSA) is 39.4 Å². The standard InChI is InChI=1S/C22H22I2O3.ClH/c1-3-5-9-19-20(15-8-6-7-10-18(15)27-19)21(25)14-12-16(23)22(17(24)13-14)26-11-4-2;/h6-8,10,12-13H,3-5,9,11H2,1-2H3;1H. The molecule has 2 aromatic carbocycles. The van der Waals surface area contributed by atoms with Crippen LogP contribution in [0.5, 0.6) is 5.75 Å². The molecule has 28 heavy (non-hydrogen) atoms. The molecule has 3 aromatic rings. The molecule has 0 saturated carbocycles. The van der Waals surface area contributed by atoms with Crippen molar-refractivity contribution in [2.24, 2.45) is 0 Å². The predicted molar refractivity (Wildman–Crippen MR) is 133 cm³/mol. The van der Waals surface area contributed by atoms with Gasteiger partial charge in [-0.2, -0.15) is 0 Å². The van der Waals surface area contributed by atoms with Crippen LogP contribution in [0.2, 0.25) is 0 Å². The number of aryl methyl sites for hydroxylation is 1. The molecule has 150 valence electrons. The number of para-hydroxylation sites is 1. The number of hydrogen-bond donors (Lipinski definition) is 0. The van der Waals surface area contributed by atoms with Crippen molar-refractivity contribution in [3.05, 3.63) is 60.4 Å². The first-order valence-electron chi connectivity index (χ1n) is 9.23. The van der Waals surface area contributed by atoms with Crippen LogP contribution in [0.15, 0.2) is 40.8 Å². The van der Waals surface area contributed by atoms with Crippen molar-refractivity contribution in [3.63, 3.8) is 0 Å². The highest BCUT2D eigenvalue weighted by molar-refractivity contribution is 14.1. The molecular weight excluding hydrogens is 602 g/mol. The molecule has 6 heteroatoms. The monoisotopic (exact) mass is 624 g/mol. The highest BCUT2D eigenvalue weighted by Gasteiger charge is 2.23. The Hall–Kier alpha value is -0.800. The van der Waals surface area contributed by atoms with Gasteiger partial charge in [-0.1, -0.05) is 38.5 Å². The van der Waals surface area contributed by atoms with Crippen molar-refractivity contribution < 1.29 is 13.9 Å². The summed E-state index contributed by atoms with van der Waals surface area (Å²) in [6.07, 6.45) is 3.79. The first kappa shape index (κ1) is 23.5.